The maximum Gasteiger partial charge on any atom is 0.300 e. The lowest BCUT2D eigenvalue weighted by Crippen LogP contribution is -2.29. The number of nitrogens with one attached hydrogen (secondary N) is 1. The zero-order valence-corrected chi connectivity index (χ0v) is 22.7. The highest BCUT2D eigenvalue weighted by Crippen LogP contribution is 2.49. The number of aromatic nitrogens is 1. The molecule has 38 heavy (non-hydrogen) atoms. The van der Waals surface area contributed by atoms with E-state index in [1.54, 1.807) is 24.3 Å². The lowest BCUT2D eigenvalue weighted by Gasteiger charge is -2.26. The fraction of sp³-hybridized carbons (Fsp3) is 0.143. The fourth-order valence-corrected chi connectivity index (χ4v) is 5.81. The van der Waals surface area contributed by atoms with Gasteiger partial charge in [-0.3, -0.25) is 14.5 Å². The number of H-pyrrole nitrogens is 1. The Labute approximate surface area is 233 Å². The first-order valence-corrected chi connectivity index (χ1v) is 12.6. The lowest BCUT2D eigenvalue weighted by molar-refractivity contribution is -0.132. The van der Waals surface area contributed by atoms with Crippen LogP contribution in [0.2, 0.25) is 15.1 Å². The number of para-hydroxylation sites is 1. The molecule has 0 bridgehead atoms. The molecule has 0 saturated carbocycles. The molecule has 0 spiro atoms. The molecule has 0 radical (unpaired) electrons. The molecule has 194 valence electrons. The van der Waals surface area contributed by atoms with Crippen LogP contribution in [0.15, 0.2) is 60.2 Å². The molecule has 2 N–H and O–H groups in total. The number of methoxy groups -OCH3 is 2. The van der Waals surface area contributed by atoms with Crippen LogP contribution in [0, 0.1) is 6.92 Å². The normalized spacial score (nSPS) is 16.9. The van der Waals surface area contributed by atoms with Crippen molar-refractivity contribution in [2.45, 2.75) is 13.0 Å². The van der Waals surface area contributed by atoms with Crippen LogP contribution >= 0.6 is 34.8 Å². The van der Waals surface area contributed by atoms with Crippen molar-refractivity contribution in [3.63, 3.8) is 0 Å². The van der Waals surface area contributed by atoms with Crippen molar-refractivity contribution in [1.82, 2.24) is 4.98 Å². The molecule has 2 heterocycles. The summed E-state index contributed by atoms with van der Waals surface area (Å²) >= 11 is 19.1. The summed E-state index contributed by atoms with van der Waals surface area (Å²) < 4.78 is 10.7. The van der Waals surface area contributed by atoms with Crippen LogP contribution < -0.4 is 14.4 Å². The van der Waals surface area contributed by atoms with Gasteiger partial charge >= 0.3 is 0 Å². The molecule has 1 atom stereocenters. The van der Waals surface area contributed by atoms with Crippen molar-refractivity contribution >= 4 is 68.8 Å². The molecule has 4 aromatic rings. The van der Waals surface area contributed by atoms with E-state index in [4.69, 9.17) is 44.3 Å². The quantitative estimate of drug-likeness (QED) is 0.152. The van der Waals surface area contributed by atoms with Gasteiger partial charge in [-0.1, -0.05) is 59.1 Å². The first-order chi connectivity index (χ1) is 18.2. The SMILES string of the molecule is COc1c(Cl)cc(/C(O)=C2\C(=O)C(=O)N(c3cccc(Cl)c3)C2c2c(C)[nH]c3ccccc23)c(OC)c1Cl. The number of aromatic amines is 1. The number of hydrogen-bond acceptors (Lipinski definition) is 5. The summed E-state index contributed by atoms with van der Waals surface area (Å²) in [7, 11) is 2.75. The topological polar surface area (TPSA) is 91.9 Å². The number of fused-ring (bicyclic) bond motifs is 1. The Kier molecular flexibility index (Phi) is 6.77. The van der Waals surface area contributed by atoms with Gasteiger partial charge in [0, 0.05) is 32.9 Å². The van der Waals surface area contributed by atoms with Crippen LogP contribution in [0.1, 0.15) is 22.9 Å². The Bertz CT molecular complexity index is 1660. The van der Waals surface area contributed by atoms with E-state index in [-0.39, 0.29) is 32.7 Å². The molecule has 7 nitrogen and oxygen atoms in total. The van der Waals surface area contributed by atoms with Gasteiger partial charge in [0.1, 0.15) is 10.8 Å². The maximum atomic E-state index is 13.7. The lowest BCUT2D eigenvalue weighted by atomic mass is 9.93. The van der Waals surface area contributed by atoms with Crippen LogP contribution in [0.4, 0.5) is 5.69 Å². The van der Waals surface area contributed by atoms with Gasteiger partial charge in [0.15, 0.2) is 11.5 Å². The number of carbonyl (C=O) groups is 2. The molecule has 5 rings (SSSR count). The second-order valence-electron chi connectivity index (χ2n) is 8.64. The number of rotatable bonds is 5. The molecule has 10 heteroatoms. The van der Waals surface area contributed by atoms with Crippen LogP contribution in [-0.2, 0) is 9.59 Å². The van der Waals surface area contributed by atoms with Crippen molar-refractivity contribution in [3.8, 4) is 11.5 Å². The van der Waals surface area contributed by atoms with E-state index in [0.717, 1.165) is 10.9 Å². The number of Topliss-reactive ketones (excluding diaryl/α,β-unsaturated/α-hetero) is 1. The predicted octanol–water partition coefficient (Wildman–Crippen LogP) is 7.08. The van der Waals surface area contributed by atoms with Crippen molar-refractivity contribution in [3.05, 3.63) is 92.1 Å². The van der Waals surface area contributed by atoms with Gasteiger partial charge in [0.2, 0.25) is 0 Å². The van der Waals surface area contributed by atoms with E-state index in [0.29, 0.717) is 22.0 Å². The van der Waals surface area contributed by atoms with Gasteiger partial charge in [0.05, 0.1) is 36.4 Å². The van der Waals surface area contributed by atoms with Crippen LogP contribution in [0.25, 0.3) is 16.7 Å². The molecule has 1 saturated heterocycles. The Hall–Kier alpha value is -3.65. The van der Waals surface area contributed by atoms with Gasteiger partial charge in [-0.2, -0.15) is 0 Å². The van der Waals surface area contributed by atoms with E-state index in [9.17, 15) is 14.7 Å². The first-order valence-electron chi connectivity index (χ1n) is 11.4. The number of hydrogen-bond donors (Lipinski definition) is 2. The van der Waals surface area contributed by atoms with Gasteiger partial charge in [-0.15, -0.1) is 0 Å². The molecule has 0 aliphatic carbocycles. The number of carbonyl (C=O) groups excluding carboxylic acids is 2. The maximum absolute atomic E-state index is 13.7. The number of aliphatic hydroxyl groups excluding tert-OH is 1. The second kappa shape index (κ2) is 9.91. The third-order valence-electron chi connectivity index (χ3n) is 6.54. The van der Waals surface area contributed by atoms with E-state index >= 15 is 0 Å². The molecule has 1 aliphatic heterocycles. The van der Waals surface area contributed by atoms with E-state index in [1.165, 1.54) is 25.2 Å². The standard InChI is InChI=1S/C28H21Cl3N2O5/c1-13-20(16-9-4-5-10-19(16)32-13)23-21(25(35)28(36)33(23)15-8-6-7-14(29)11-15)24(34)17-12-18(30)27(38-3)22(31)26(17)37-2/h4-12,23,32,34H,1-3H3/b24-21+. The zero-order valence-electron chi connectivity index (χ0n) is 20.4. The molecule has 3 aromatic carbocycles. The molecule has 1 aromatic heterocycles. The Morgan fingerprint density at radius 1 is 0.974 bits per heavy atom. The molecule has 1 amide bonds. The van der Waals surface area contributed by atoms with Crippen molar-refractivity contribution in [1.29, 1.82) is 0 Å². The largest absolute Gasteiger partial charge is 0.507 e. The number of nitrogens with zero attached hydrogens (tertiary/aromatic N) is 1. The van der Waals surface area contributed by atoms with Crippen LogP contribution in [0.5, 0.6) is 11.5 Å². The number of ether oxygens (including phenoxy) is 2. The van der Waals surface area contributed by atoms with E-state index < -0.39 is 23.5 Å². The highest BCUT2D eigenvalue weighted by atomic mass is 35.5. The Morgan fingerprint density at radius 2 is 1.68 bits per heavy atom. The summed E-state index contributed by atoms with van der Waals surface area (Å²) in [6.45, 7) is 1.84. The summed E-state index contributed by atoms with van der Waals surface area (Å²) in [5.41, 5.74) is 2.45. The van der Waals surface area contributed by atoms with Gasteiger partial charge in [0.25, 0.3) is 11.7 Å². The van der Waals surface area contributed by atoms with Gasteiger partial charge < -0.3 is 19.6 Å². The number of aryl methyl sites for hydroxylation is 1. The Morgan fingerprint density at radius 3 is 2.37 bits per heavy atom. The smallest absolute Gasteiger partial charge is 0.300 e. The number of aliphatic hydroxyl groups is 1. The fourth-order valence-electron chi connectivity index (χ4n) is 4.94. The minimum absolute atomic E-state index is 0.00736. The summed E-state index contributed by atoms with van der Waals surface area (Å²) in [6.07, 6.45) is 0. The molecule has 1 unspecified atom stereocenters. The van der Waals surface area contributed by atoms with Crippen LogP contribution in [-0.4, -0.2) is 36.0 Å². The molecular formula is C28H21Cl3N2O5. The number of anilines is 1. The highest BCUT2D eigenvalue weighted by Gasteiger charge is 2.48. The summed E-state index contributed by atoms with van der Waals surface area (Å²) in [6, 6.07) is 14.5. The van der Waals surface area contributed by atoms with Crippen LogP contribution in [0.3, 0.4) is 0 Å². The monoisotopic (exact) mass is 570 g/mol. The summed E-state index contributed by atoms with van der Waals surface area (Å²) in [4.78, 5) is 31.9. The third kappa shape index (κ3) is 3.98. The predicted molar refractivity (Wildman–Crippen MR) is 149 cm³/mol. The minimum atomic E-state index is -1.01. The van der Waals surface area contributed by atoms with E-state index in [2.05, 4.69) is 4.98 Å². The summed E-state index contributed by atoms with van der Waals surface area (Å²) in [5, 5.41) is 13.0. The van der Waals surface area contributed by atoms with Gasteiger partial charge in [-0.05, 0) is 37.3 Å². The van der Waals surface area contributed by atoms with Gasteiger partial charge in [-0.25, -0.2) is 0 Å². The molecule has 1 fully saturated rings. The highest BCUT2D eigenvalue weighted by molar-refractivity contribution is 6.52. The number of benzene rings is 3. The average molecular weight is 572 g/mol. The molecule has 1 aliphatic rings. The number of halogens is 3. The number of amides is 1. The van der Waals surface area contributed by atoms with Crippen molar-refractivity contribution in [2.24, 2.45) is 0 Å². The summed E-state index contributed by atoms with van der Waals surface area (Å²) in [5.74, 6) is -2.03. The third-order valence-corrected chi connectivity index (χ3v) is 7.40. The zero-order chi connectivity index (χ0) is 27.3. The van der Waals surface area contributed by atoms with Crippen molar-refractivity contribution in [2.75, 3.05) is 19.1 Å². The average Bonchev–Trinajstić information content (AvgIpc) is 3.35. The van der Waals surface area contributed by atoms with Crippen molar-refractivity contribution < 1.29 is 24.2 Å². The first kappa shape index (κ1) is 26.0. The molecular weight excluding hydrogens is 551 g/mol. The second-order valence-corrected chi connectivity index (χ2v) is 9.87. The number of ketones is 1. The minimum Gasteiger partial charge on any atom is -0.507 e. The Balaban J connectivity index is 1.86. The van der Waals surface area contributed by atoms with E-state index in [1.807, 2.05) is 31.2 Å².